The Hall–Kier alpha value is -2.50. The number of carbonyl (C=O) groups excluding carboxylic acids is 1. The molecule has 1 aromatic heterocycles. The van der Waals surface area contributed by atoms with Gasteiger partial charge in [0.25, 0.3) is 5.91 Å². The number of aromatic nitrogens is 1. The van der Waals surface area contributed by atoms with Crippen LogP contribution in [0.5, 0.6) is 0 Å². The van der Waals surface area contributed by atoms with Crippen molar-refractivity contribution in [2.24, 2.45) is 7.05 Å². The summed E-state index contributed by atoms with van der Waals surface area (Å²) in [4.78, 5) is 13.3. The lowest BCUT2D eigenvalue weighted by Crippen LogP contribution is -2.26. The van der Waals surface area contributed by atoms with Gasteiger partial charge in [0.05, 0.1) is 10.5 Å². The van der Waals surface area contributed by atoms with Gasteiger partial charge in [-0.25, -0.2) is 13.3 Å². The van der Waals surface area contributed by atoms with E-state index in [-0.39, 0.29) is 17.5 Å². The lowest BCUT2D eigenvalue weighted by molar-refractivity contribution is 0.101. The van der Waals surface area contributed by atoms with Gasteiger partial charge in [0.2, 0.25) is 0 Å². The molecular weight excluding hydrogens is 343 g/mol. The Morgan fingerprint density at radius 1 is 1.52 bits per heavy atom. The minimum Gasteiger partial charge on any atom is -0.345 e. The second-order valence-electron chi connectivity index (χ2n) is 6.02. The second kappa shape index (κ2) is 6.78. The van der Waals surface area contributed by atoms with Gasteiger partial charge < -0.3 is 9.88 Å². The molecule has 2 unspecified atom stereocenters. The molecule has 0 saturated heterocycles. The topological polar surface area (TPSA) is 86.9 Å². The number of aryl methyl sites for hydroxylation is 1. The molecule has 2 aromatic rings. The van der Waals surface area contributed by atoms with Crippen LogP contribution < -0.4 is 10.0 Å². The minimum absolute atomic E-state index is 0.0877. The molecule has 0 bridgehead atoms. The fourth-order valence-corrected chi connectivity index (χ4v) is 4.18. The number of nitriles is 1. The third-order valence-electron chi connectivity index (χ3n) is 4.14. The van der Waals surface area contributed by atoms with E-state index in [1.165, 1.54) is 12.1 Å². The number of fused-ring (bicyclic) bond motifs is 1. The second-order valence-corrected chi connectivity index (χ2v) is 7.23. The Labute approximate surface area is 147 Å². The molecule has 2 heterocycles. The molecule has 2 atom stereocenters. The van der Waals surface area contributed by atoms with Crippen LogP contribution in [0.25, 0.3) is 0 Å². The Kier molecular flexibility index (Phi) is 4.70. The molecule has 0 aliphatic carbocycles. The Bertz CT molecular complexity index is 916. The molecule has 25 heavy (non-hydrogen) atoms. The number of nitrogens with one attached hydrogen (secondary N) is 2. The van der Waals surface area contributed by atoms with E-state index in [0.29, 0.717) is 22.7 Å². The van der Waals surface area contributed by atoms with Crippen LogP contribution in [-0.4, -0.2) is 20.7 Å². The lowest BCUT2D eigenvalue weighted by atomic mass is 10.1. The summed E-state index contributed by atoms with van der Waals surface area (Å²) in [5.74, 6) is -1.02. The van der Waals surface area contributed by atoms with E-state index in [0.717, 1.165) is 18.1 Å². The average molecular weight is 360 g/mol. The van der Waals surface area contributed by atoms with Gasteiger partial charge in [0.1, 0.15) is 28.6 Å². The number of nitrogens with zero attached hydrogens (tertiary/aromatic N) is 2. The predicted octanol–water partition coefficient (Wildman–Crippen LogP) is 2.24. The summed E-state index contributed by atoms with van der Waals surface area (Å²) in [6.07, 6.45) is 3.08. The van der Waals surface area contributed by atoms with Crippen molar-refractivity contribution in [2.75, 3.05) is 5.32 Å². The third kappa shape index (κ3) is 3.34. The Morgan fingerprint density at radius 2 is 2.28 bits per heavy atom. The molecule has 2 N–H and O–H groups in total. The van der Waals surface area contributed by atoms with Crippen molar-refractivity contribution in [1.82, 2.24) is 9.29 Å². The normalized spacial score (nSPS) is 19.6. The monoisotopic (exact) mass is 360 g/mol. The average Bonchev–Trinajstić information content (AvgIpc) is 2.84. The molecule has 1 aromatic carbocycles. The standard InChI is InChI=1S/C17H17FN4O2S/c1-10-3-5-13-15(25(24)21-10)9-22(2)16(13)17(23)20-12-4-6-14(18)11(7-12)8-19/h4,6-7,9-10,21H,3,5H2,1-2H3,(H,20,23). The zero-order valence-corrected chi connectivity index (χ0v) is 14.6. The minimum atomic E-state index is -1.37. The van der Waals surface area contributed by atoms with Crippen LogP contribution in [0.2, 0.25) is 0 Å². The first-order chi connectivity index (χ1) is 11.9. The van der Waals surface area contributed by atoms with Crippen molar-refractivity contribution >= 4 is 22.6 Å². The van der Waals surface area contributed by atoms with Crippen LogP contribution in [0, 0.1) is 17.1 Å². The van der Waals surface area contributed by atoms with Crippen LogP contribution >= 0.6 is 0 Å². The van der Waals surface area contributed by atoms with E-state index in [2.05, 4.69) is 10.0 Å². The van der Waals surface area contributed by atoms with Crippen molar-refractivity contribution in [3.63, 3.8) is 0 Å². The summed E-state index contributed by atoms with van der Waals surface area (Å²) in [6, 6.07) is 5.66. The number of rotatable bonds is 2. The van der Waals surface area contributed by atoms with Gasteiger partial charge in [-0.2, -0.15) is 5.26 Å². The number of anilines is 1. The number of hydrogen-bond acceptors (Lipinski definition) is 3. The van der Waals surface area contributed by atoms with Crippen molar-refractivity contribution in [2.45, 2.75) is 30.7 Å². The summed E-state index contributed by atoms with van der Waals surface area (Å²) >= 11 is 0. The highest BCUT2D eigenvalue weighted by atomic mass is 32.2. The van der Waals surface area contributed by atoms with Gasteiger partial charge in [0.15, 0.2) is 0 Å². The fourth-order valence-electron chi connectivity index (χ4n) is 2.89. The van der Waals surface area contributed by atoms with Gasteiger partial charge in [0, 0.05) is 30.5 Å². The Morgan fingerprint density at radius 3 is 3.00 bits per heavy atom. The first-order valence-electron chi connectivity index (χ1n) is 7.78. The highest BCUT2D eigenvalue weighted by molar-refractivity contribution is 7.83. The van der Waals surface area contributed by atoms with Crippen molar-refractivity contribution in [1.29, 1.82) is 5.26 Å². The summed E-state index contributed by atoms with van der Waals surface area (Å²) in [5, 5.41) is 11.6. The van der Waals surface area contributed by atoms with Crippen molar-refractivity contribution < 1.29 is 13.4 Å². The summed E-state index contributed by atoms with van der Waals surface area (Å²) in [5.41, 5.74) is 1.36. The maximum Gasteiger partial charge on any atom is 0.272 e. The number of hydrogen-bond donors (Lipinski definition) is 2. The molecule has 0 spiro atoms. The summed E-state index contributed by atoms with van der Waals surface area (Å²) < 4.78 is 30.4. The lowest BCUT2D eigenvalue weighted by Gasteiger charge is -2.10. The molecule has 3 rings (SSSR count). The quantitative estimate of drug-likeness (QED) is 0.861. The van der Waals surface area contributed by atoms with Gasteiger partial charge >= 0.3 is 0 Å². The van der Waals surface area contributed by atoms with Gasteiger partial charge in [-0.3, -0.25) is 4.79 Å². The molecule has 1 aliphatic heterocycles. The molecular formula is C17H17FN4O2S. The fraction of sp³-hybridized carbons (Fsp3) is 0.294. The van der Waals surface area contributed by atoms with Crippen LogP contribution in [0.4, 0.5) is 10.1 Å². The molecule has 1 aliphatic rings. The Balaban J connectivity index is 1.94. The molecule has 1 amide bonds. The molecule has 8 heteroatoms. The first kappa shape index (κ1) is 17.3. The maximum atomic E-state index is 13.4. The molecule has 130 valence electrons. The van der Waals surface area contributed by atoms with Crippen LogP contribution in [-0.2, 0) is 24.5 Å². The molecule has 0 fully saturated rings. The third-order valence-corrected chi connectivity index (χ3v) is 5.51. The van der Waals surface area contributed by atoms with E-state index >= 15 is 0 Å². The summed E-state index contributed by atoms with van der Waals surface area (Å²) in [7, 11) is 0.351. The van der Waals surface area contributed by atoms with Crippen LogP contribution in [0.3, 0.4) is 0 Å². The maximum absolute atomic E-state index is 13.4. The van der Waals surface area contributed by atoms with Gasteiger partial charge in [-0.1, -0.05) is 0 Å². The van der Waals surface area contributed by atoms with Crippen molar-refractivity contribution in [3.05, 3.63) is 47.0 Å². The first-order valence-corrected chi connectivity index (χ1v) is 8.93. The predicted molar refractivity (Wildman–Crippen MR) is 91.8 cm³/mol. The SMILES string of the molecule is CC1CCc2c(cn(C)c2C(=O)Nc2ccc(F)c(C#N)c2)S(=O)N1. The van der Waals surface area contributed by atoms with Crippen LogP contribution in [0.1, 0.15) is 35.0 Å². The highest BCUT2D eigenvalue weighted by Gasteiger charge is 2.27. The number of carbonyl (C=O) groups is 1. The molecule has 0 saturated carbocycles. The van der Waals surface area contributed by atoms with Crippen molar-refractivity contribution in [3.8, 4) is 6.07 Å². The number of benzene rings is 1. The van der Waals surface area contributed by atoms with E-state index in [1.54, 1.807) is 23.9 Å². The van der Waals surface area contributed by atoms with Gasteiger partial charge in [-0.05, 0) is 38.0 Å². The van der Waals surface area contributed by atoms with Gasteiger partial charge in [-0.15, -0.1) is 0 Å². The number of halogens is 1. The number of amides is 1. The van der Waals surface area contributed by atoms with E-state index in [1.807, 2.05) is 6.92 Å². The zero-order chi connectivity index (χ0) is 18.1. The molecule has 6 nitrogen and oxygen atoms in total. The molecule has 0 radical (unpaired) electrons. The van der Waals surface area contributed by atoms with E-state index in [9.17, 15) is 13.4 Å². The zero-order valence-electron chi connectivity index (χ0n) is 13.8. The van der Waals surface area contributed by atoms with Crippen LogP contribution in [0.15, 0.2) is 29.3 Å². The highest BCUT2D eigenvalue weighted by Crippen LogP contribution is 2.26. The smallest absolute Gasteiger partial charge is 0.272 e. The largest absolute Gasteiger partial charge is 0.345 e. The summed E-state index contributed by atoms with van der Waals surface area (Å²) in [6.45, 7) is 1.95. The van der Waals surface area contributed by atoms with E-state index < -0.39 is 16.8 Å². The van der Waals surface area contributed by atoms with E-state index in [4.69, 9.17) is 5.26 Å².